The molecule has 4 aromatic rings. The minimum Gasteiger partial charge on any atom is -0.378 e. The Kier molecular flexibility index (Phi) is 7.90. The Morgan fingerprint density at radius 3 is 2.75 bits per heavy atom. The van der Waals surface area contributed by atoms with Crippen molar-refractivity contribution in [3.63, 3.8) is 0 Å². The van der Waals surface area contributed by atoms with Crippen LogP contribution in [0, 0.1) is 17.2 Å². The summed E-state index contributed by atoms with van der Waals surface area (Å²) in [7, 11) is 1.47. The topological polar surface area (TPSA) is 164 Å². The molecule has 1 aliphatic rings. The molecule has 0 aromatic carbocycles. The Hall–Kier alpha value is -4.54. The highest BCUT2D eigenvalue weighted by atomic mass is 32.1. The quantitative estimate of drug-likeness (QED) is 0.265. The van der Waals surface area contributed by atoms with Crippen LogP contribution in [0.1, 0.15) is 34.3 Å². The fraction of sp³-hybridized carbons (Fsp3) is 0.333. The Labute approximate surface area is 234 Å². The van der Waals surface area contributed by atoms with E-state index in [9.17, 15) is 14.9 Å². The van der Waals surface area contributed by atoms with E-state index < -0.39 is 5.91 Å². The first-order chi connectivity index (χ1) is 19.4. The Morgan fingerprint density at radius 1 is 1.23 bits per heavy atom. The fourth-order valence-corrected chi connectivity index (χ4v) is 5.61. The third kappa shape index (κ3) is 5.58. The lowest BCUT2D eigenvalue weighted by Gasteiger charge is -2.21. The number of methoxy groups -OCH3 is 1. The molecule has 12 nitrogen and oxygen atoms in total. The number of primary amides is 1. The third-order valence-corrected chi connectivity index (χ3v) is 7.93. The minimum atomic E-state index is -0.566. The first kappa shape index (κ1) is 27.0. The molecule has 2 amide bonds. The van der Waals surface area contributed by atoms with Crippen LogP contribution >= 0.6 is 11.3 Å². The summed E-state index contributed by atoms with van der Waals surface area (Å²) < 4.78 is 6.54. The SMILES string of the molecule is CC[C@@H]1CN(c2ncc(C#N)s2)C[C@H]1Nc1c(C(N)=O)cnn2cc(-c3ccc(CNC(=O)COC)nc3)cc12. The van der Waals surface area contributed by atoms with Gasteiger partial charge in [0.2, 0.25) is 5.91 Å². The van der Waals surface area contributed by atoms with Crippen LogP contribution in [0.4, 0.5) is 10.8 Å². The molecule has 1 fully saturated rings. The van der Waals surface area contributed by atoms with Gasteiger partial charge < -0.3 is 26.0 Å². The molecule has 0 saturated carbocycles. The molecule has 1 aliphatic heterocycles. The molecule has 5 rings (SSSR count). The van der Waals surface area contributed by atoms with E-state index in [0.717, 1.165) is 34.7 Å². The molecule has 0 radical (unpaired) electrons. The smallest absolute Gasteiger partial charge is 0.252 e. The second-order valence-electron chi connectivity index (χ2n) is 9.55. The Balaban J connectivity index is 1.41. The lowest BCUT2D eigenvalue weighted by Crippen LogP contribution is -2.30. The number of rotatable bonds is 10. The third-order valence-electron chi connectivity index (χ3n) is 6.97. The van der Waals surface area contributed by atoms with Gasteiger partial charge in [-0.3, -0.25) is 14.6 Å². The van der Waals surface area contributed by atoms with Crippen LogP contribution in [0.3, 0.4) is 0 Å². The molecule has 2 atom stereocenters. The number of anilines is 2. The van der Waals surface area contributed by atoms with Crippen molar-refractivity contribution in [2.75, 3.05) is 37.0 Å². The molecule has 0 aliphatic carbocycles. The van der Waals surface area contributed by atoms with Crippen molar-refractivity contribution >= 4 is 39.5 Å². The molecule has 5 heterocycles. The molecule has 4 aromatic heterocycles. The molecule has 0 spiro atoms. The number of aromatic nitrogens is 4. The van der Waals surface area contributed by atoms with E-state index in [2.05, 4.69) is 43.6 Å². The molecule has 4 N–H and O–H groups in total. The molecule has 1 saturated heterocycles. The maximum Gasteiger partial charge on any atom is 0.252 e. The molecular weight excluding hydrogens is 530 g/mol. The number of nitrogens with two attached hydrogens (primary N) is 1. The van der Waals surface area contributed by atoms with Crippen LogP contribution in [0.5, 0.6) is 0 Å². The number of nitriles is 1. The highest BCUT2D eigenvalue weighted by molar-refractivity contribution is 7.16. The molecule has 13 heteroatoms. The predicted molar refractivity (Wildman–Crippen MR) is 151 cm³/mol. The zero-order valence-corrected chi connectivity index (χ0v) is 22.9. The highest BCUT2D eigenvalue weighted by Crippen LogP contribution is 2.34. The number of hydrogen-bond donors (Lipinski definition) is 3. The van der Waals surface area contributed by atoms with Crippen molar-refractivity contribution in [1.82, 2.24) is 24.9 Å². The minimum absolute atomic E-state index is 0.00297. The first-order valence-electron chi connectivity index (χ1n) is 12.8. The summed E-state index contributed by atoms with van der Waals surface area (Å²) in [5, 5.41) is 20.8. The van der Waals surface area contributed by atoms with Crippen molar-refractivity contribution in [2.24, 2.45) is 11.7 Å². The van der Waals surface area contributed by atoms with Gasteiger partial charge in [0.15, 0.2) is 5.13 Å². The van der Waals surface area contributed by atoms with Crippen LogP contribution < -0.4 is 21.3 Å². The maximum atomic E-state index is 12.4. The Morgan fingerprint density at radius 2 is 2.08 bits per heavy atom. The summed E-state index contributed by atoms with van der Waals surface area (Å²) in [5.41, 5.74) is 9.86. The largest absolute Gasteiger partial charge is 0.378 e. The van der Waals surface area contributed by atoms with Crippen LogP contribution in [0.25, 0.3) is 16.6 Å². The number of ether oxygens (including phenoxy) is 1. The zero-order valence-electron chi connectivity index (χ0n) is 22.1. The van der Waals surface area contributed by atoms with Gasteiger partial charge in [0.05, 0.1) is 41.4 Å². The van der Waals surface area contributed by atoms with Gasteiger partial charge in [-0.1, -0.05) is 24.3 Å². The van der Waals surface area contributed by atoms with Crippen molar-refractivity contribution in [3.8, 4) is 17.2 Å². The van der Waals surface area contributed by atoms with Gasteiger partial charge in [-0.25, -0.2) is 9.50 Å². The van der Waals surface area contributed by atoms with Crippen molar-refractivity contribution in [1.29, 1.82) is 5.26 Å². The summed E-state index contributed by atoms with van der Waals surface area (Å²) in [5.74, 6) is -0.486. The summed E-state index contributed by atoms with van der Waals surface area (Å²) >= 11 is 1.38. The van der Waals surface area contributed by atoms with Gasteiger partial charge in [-0.2, -0.15) is 10.4 Å². The molecule has 0 unspecified atom stereocenters. The Bertz CT molecular complexity index is 1570. The van der Waals surface area contributed by atoms with E-state index in [0.29, 0.717) is 40.8 Å². The number of amides is 2. The average Bonchev–Trinajstić information content (AvgIpc) is 3.70. The number of carbonyl (C=O) groups excluding carboxylic acids is 2. The number of thiazole rings is 1. The molecular formula is C27H29N9O3S. The van der Waals surface area contributed by atoms with E-state index in [1.807, 2.05) is 24.4 Å². The number of nitrogens with zero attached hydrogens (tertiary/aromatic N) is 6. The van der Waals surface area contributed by atoms with E-state index in [4.69, 9.17) is 10.5 Å². The van der Waals surface area contributed by atoms with Gasteiger partial charge in [0, 0.05) is 49.8 Å². The van der Waals surface area contributed by atoms with Crippen molar-refractivity contribution < 1.29 is 14.3 Å². The van der Waals surface area contributed by atoms with Crippen LogP contribution in [-0.4, -0.2) is 64.2 Å². The monoisotopic (exact) mass is 559 g/mol. The number of pyridine rings is 1. The first-order valence-corrected chi connectivity index (χ1v) is 13.6. The van der Waals surface area contributed by atoms with Gasteiger partial charge in [0.1, 0.15) is 17.6 Å². The number of carbonyl (C=O) groups is 2. The summed E-state index contributed by atoms with van der Waals surface area (Å²) in [6.07, 6.45) is 7.62. The standard InChI is InChI=1S/C27H29N9O3S/c1-3-16-12-35(27-32-10-20(7-28)40-27)14-22(16)34-25-21(26(29)38)11-33-36-13-18(6-23(25)36)17-4-5-19(30-8-17)9-31-24(37)15-39-2/h4-6,8,10-11,13,16,22,34H,3,9,12,14-15H2,1-2H3,(H2,29,38)(H,31,37)/t16-,22-/m1/s1. The summed E-state index contributed by atoms with van der Waals surface area (Å²) in [6.45, 7) is 3.89. The zero-order chi connectivity index (χ0) is 28.2. The molecule has 206 valence electrons. The fourth-order valence-electron chi connectivity index (χ4n) is 4.88. The second kappa shape index (κ2) is 11.7. The average molecular weight is 560 g/mol. The van der Waals surface area contributed by atoms with E-state index in [1.54, 1.807) is 16.9 Å². The van der Waals surface area contributed by atoms with Crippen LogP contribution in [-0.2, 0) is 16.1 Å². The van der Waals surface area contributed by atoms with Gasteiger partial charge >= 0.3 is 0 Å². The maximum absolute atomic E-state index is 12.4. The number of nitrogens with one attached hydrogen (secondary N) is 2. The second-order valence-corrected chi connectivity index (χ2v) is 10.6. The summed E-state index contributed by atoms with van der Waals surface area (Å²) in [6, 6.07) is 7.90. The van der Waals surface area contributed by atoms with Gasteiger partial charge in [0.25, 0.3) is 5.91 Å². The van der Waals surface area contributed by atoms with E-state index in [-0.39, 0.29) is 18.6 Å². The van der Waals surface area contributed by atoms with Gasteiger partial charge in [-0.15, -0.1) is 0 Å². The van der Waals surface area contributed by atoms with E-state index in [1.165, 1.54) is 24.6 Å². The molecule has 40 heavy (non-hydrogen) atoms. The van der Waals surface area contributed by atoms with Crippen LogP contribution in [0.15, 0.2) is 43.0 Å². The molecule has 0 bridgehead atoms. The number of fused-ring (bicyclic) bond motifs is 1. The van der Waals surface area contributed by atoms with Gasteiger partial charge in [-0.05, 0) is 24.5 Å². The van der Waals surface area contributed by atoms with Crippen LogP contribution in [0.2, 0.25) is 0 Å². The lowest BCUT2D eigenvalue weighted by molar-refractivity contribution is -0.124. The van der Waals surface area contributed by atoms with Crippen molar-refractivity contribution in [2.45, 2.75) is 25.9 Å². The summed E-state index contributed by atoms with van der Waals surface area (Å²) in [4.78, 5) is 35.7. The normalized spacial score (nSPS) is 16.7. The number of hydrogen-bond acceptors (Lipinski definition) is 10. The lowest BCUT2D eigenvalue weighted by atomic mass is 10.00. The predicted octanol–water partition coefficient (Wildman–Crippen LogP) is 2.41. The van der Waals surface area contributed by atoms with Crippen molar-refractivity contribution in [3.05, 3.63) is 59.1 Å². The highest BCUT2D eigenvalue weighted by Gasteiger charge is 2.34. The van der Waals surface area contributed by atoms with E-state index >= 15 is 0 Å².